The Balaban J connectivity index is 2.42. The first-order chi connectivity index (χ1) is 6.74. The molecule has 0 bridgehead atoms. The Bertz CT molecular complexity index is 419. The van der Waals surface area contributed by atoms with E-state index in [1.165, 1.54) is 6.20 Å². The molecule has 14 heavy (non-hydrogen) atoms. The molecule has 0 unspecified atom stereocenters. The third-order valence-electron chi connectivity index (χ3n) is 1.55. The zero-order chi connectivity index (χ0) is 10.4. The van der Waals surface area contributed by atoms with Crippen LogP contribution in [-0.4, -0.2) is 22.4 Å². The zero-order valence-electron chi connectivity index (χ0n) is 7.81. The molecule has 0 spiro atoms. The minimum Gasteiger partial charge on any atom is -0.350 e. The van der Waals surface area contributed by atoms with Gasteiger partial charge in [-0.15, -0.1) is 11.8 Å². The van der Waals surface area contributed by atoms with Crippen LogP contribution >= 0.6 is 0 Å². The second-order valence-corrected chi connectivity index (χ2v) is 2.59. The van der Waals surface area contributed by atoms with Crippen LogP contribution in [0.4, 0.5) is 0 Å². The molecular formula is C9H11N3O2. The smallest absolute Gasteiger partial charge is 0.323 e. The summed E-state index contributed by atoms with van der Waals surface area (Å²) >= 11 is 0. The molecule has 0 aliphatic rings. The molecule has 0 aliphatic heterocycles. The van der Waals surface area contributed by atoms with Crippen molar-refractivity contribution in [3.05, 3.63) is 22.4 Å². The number of H-pyrrole nitrogens is 2. The maximum absolute atomic E-state index is 11.3. The predicted octanol–water partition coefficient (Wildman–Crippen LogP) is -0.154. The van der Waals surface area contributed by atoms with Crippen molar-refractivity contribution < 1.29 is 4.79 Å². The lowest BCUT2D eigenvalue weighted by Crippen LogP contribution is -2.25. The highest BCUT2D eigenvalue weighted by molar-refractivity contribution is 5.91. The third-order valence-corrected chi connectivity index (χ3v) is 1.55. The molecule has 0 fully saturated rings. The van der Waals surface area contributed by atoms with E-state index in [9.17, 15) is 9.59 Å². The van der Waals surface area contributed by atoms with E-state index < -0.39 is 0 Å². The van der Waals surface area contributed by atoms with Gasteiger partial charge in [0.1, 0.15) is 5.69 Å². The number of imidazole rings is 1. The molecule has 1 aromatic heterocycles. The second kappa shape index (κ2) is 4.92. The number of rotatable bonds is 3. The Kier molecular flexibility index (Phi) is 3.56. The molecular weight excluding hydrogens is 182 g/mol. The number of carbonyl (C=O) groups is 1. The summed E-state index contributed by atoms with van der Waals surface area (Å²) in [5.74, 6) is 5.23. The summed E-state index contributed by atoms with van der Waals surface area (Å²) in [5.41, 5.74) is -0.150. The van der Waals surface area contributed by atoms with Crippen LogP contribution in [0.15, 0.2) is 11.0 Å². The number of aromatic nitrogens is 2. The monoisotopic (exact) mass is 193 g/mol. The van der Waals surface area contributed by atoms with Gasteiger partial charge in [0.25, 0.3) is 5.91 Å². The van der Waals surface area contributed by atoms with Gasteiger partial charge in [0.15, 0.2) is 0 Å². The third kappa shape index (κ3) is 2.83. The lowest BCUT2D eigenvalue weighted by molar-refractivity contribution is 0.0950. The lowest BCUT2D eigenvalue weighted by Gasteiger charge is -1.98. The number of amides is 1. The fourth-order valence-electron chi connectivity index (χ4n) is 0.913. The molecule has 1 rings (SSSR count). The Morgan fingerprint density at radius 2 is 2.43 bits per heavy atom. The van der Waals surface area contributed by atoms with Gasteiger partial charge >= 0.3 is 5.69 Å². The number of carbonyl (C=O) groups excluding carboxylic acids is 1. The van der Waals surface area contributed by atoms with Crippen LogP contribution in [0.2, 0.25) is 0 Å². The quantitative estimate of drug-likeness (QED) is 0.461. The van der Waals surface area contributed by atoms with E-state index in [0.717, 1.165) is 0 Å². The van der Waals surface area contributed by atoms with E-state index in [1.807, 2.05) is 0 Å². The van der Waals surface area contributed by atoms with E-state index in [4.69, 9.17) is 0 Å². The van der Waals surface area contributed by atoms with Crippen molar-refractivity contribution >= 4 is 5.91 Å². The molecule has 0 atom stereocenters. The molecule has 3 N–H and O–H groups in total. The zero-order valence-corrected chi connectivity index (χ0v) is 7.81. The van der Waals surface area contributed by atoms with Gasteiger partial charge in [0.2, 0.25) is 0 Å². The van der Waals surface area contributed by atoms with Crippen LogP contribution in [-0.2, 0) is 0 Å². The maximum atomic E-state index is 11.3. The fourth-order valence-corrected chi connectivity index (χ4v) is 0.913. The molecule has 0 aromatic carbocycles. The molecule has 1 aromatic rings. The normalized spacial score (nSPS) is 8.93. The van der Waals surface area contributed by atoms with Crippen LogP contribution in [0.25, 0.3) is 0 Å². The van der Waals surface area contributed by atoms with E-state index >= 15 is 0 Å². The summed E-state index contributed by atoms with van der Waals surface area (Å²) in [5, 5.41) is 2.62. The first-order valence-corrected chi connectivity index (χ1v) is 4.19. The molecule has 0 saturated heterocycles. The van der Waals surface area contributed by atoms with E-state index in [0.29, 0.717) is 13.0 Å². The minimum absolute atomic E-state index is 0.236. The van der Waals surface area contributed by atoms with Crippen molar-refractivity contribution in [3.63, 3.8) is 0 Å². The van der Waals surface area contributed by atoms with E-state index in [1.54, 1.807) is 6.92 Å². The van der Waals surface area contributed by atoms with Crippen molar-refractivity contribution in [1.82, 2.24) is 15.3 Å². The van der Waals surface area contributed by atoms with Crippen LogP contribution in [0, 0.1) is 11.8 Å². The summed E-state index contributed by atoms with van der Waals surface area (Å²) in [6.45, 7) is 2.22. The summed E-state index contributed by atoms with van der Waals surface area (Å²) in [7, 11) is 0. The Morgan fingerprint density at radius 3 is 3.00 bits per heavy atom. The van der Waals surface area contributed by atoms with Crippen LogP contribution in [0.3, 0.4) is 0 Å². The van der Waals surface area contributed by atoms with Gasteiger partial charge in [-0.05, 0) is 6.92 Å². The average molecular weight is 193 g/mol. The van der Waals surface area contributed by atoms with Gasteiger partial charge in [-0.25, -0.2) is 4.79 Å². The second-order valence-electron chi connectivity index (χ2n) is 2.59. The van der Waals surface area contributed by atoms with Gasteiger partial charge in [-0.2, -0.15) is 0 Å². The van der Waals surface area contributed by atoms with Gasteiger partial charge < -0.3 is 15.3 Å². The van der Waals surface area contributed by atoms with Crippen molar-refractivity contribution in [1.29, 1.82) is 0 Å². The van der Waals surface area contributed by atoms with Crippen LogP contribution in [0.1, 0.15) is 23.8 Å². The lowest BCUT2D eigenvalue weighted by atomic mass is 10.4. The summed E-state index contributed by atoms with van der Waals surface area (Å²) in [6.07, 6.45) is 1.94. The fraction of sp³-hybridized carbons (Fsp3) is 0.333. The first kappa shape index (κ1) is 10.1. The number of hydrogen-bond donors (Lipinski definition) is 3. The Hall–Kier alpha value is -1.96. The van der Waals surface area contributed by atoms with Crippen molar-refractivity contribution in [2.45, 2.75) is 13.3 Å². The highest BCUT2D eigenvalue weighted by Gasteiger charge is 2.05. The first-order valence-electron chi connectivity index (χ1n) is 4.19. The van der Waals surface area contributed by atoms with E-state index in [2.05, 4.69) is 27.1 Å². The molecule has 74 valence electrons. The highest BCUT2D eigenvalue weighted by atomic mass is 16.2. The SMILES string of the molecule is CC#CCCNC(=O)c1c[nH]c(=O)[nH]1. The molecule has 0 saturated carbocycles. The Morgan fingerprint density at radius 1 is 1.64 bits per heavy atom. The number of hydrogen-bond acceptors (Lipinski definition) is 2. The minimum atomic E-state index is -0.386. The van der Waals surface area contributed by atoms with Crippen molar-refractivity contribution in [2.24, 2.45) is 0 Å². The maximum Gasteiger partial charge on any atom is 0.323 e. The van der Waals surface area contributed by atoms with Crippen molar-refractivity contribution in [3.8, 4) is 11.8 Å². The van der Waals surface area contributed by atoms with E-state index in [-0.39, 0.29) is 17.3 Å². The van der Waals surface area contributed by atoms with Crippen LogP contribution in [0.5, 0.6) is 0 Å². The number of aromatic amines is 2. The summed E-state index contributed by atoms with van der Waals surface area (Å²) < 4.78 is 0. The molecule has 1 heterocycles. The molecule has 0 radical (unpaired) electrons. The van der Waals surface area contributed by atoms with Crippen LogP contribution < -0.4 is 11.0 Å². The summed E-state index contributed by atoms with van der Waals surface area (Å²) in [6, 6.07) is 0. The van der Waals surface area contributed by atoms with Gasteiger partial charge in [0.05, 0.1) is 0 Å². The van der Waals surface area contributed by atoms with Gasteiger partial charge in [0, 0.05) is 19.2 Å². The number of nitrogens with one attached hydrogen (secondary N) is 3. The molecule has 5 nitrogen and oxygen atoms in total. The largest absolute Gasteiger partial charge is 0.350 e. The van der Waals surface area contributed by atoms with Crippen molar-refractivity contribution in [2.75, 3.05) is 6.54 Å². The van der Waals surface area contributed by atoms with Gasteiger partial charge in [-0.1, -0.05) is 0 Å². The average Bonchev–Trinajstić information content (AvgIpc) is 2.59. The molecule has 0 aliphatic carbocycles. The highest BCUT2D eigenvalue weighted by Crippen LogP contribution is 1.86. The predicted molar refractivity (Wildman–Crippen MR) is 51.8 cm³/mol. The standard InChI is InChI=1S/C9H11N3O2/c1-2-3-4-5-10-8(13)7-6-11-9(14)12-7/h6H,4-5H2,1H3,(H,10,13)(H2,11,12,14). The molecule has 1 amide bonds. The summed E-state index contributed by atoms with van der Waals surface area (Å²) in [4.78, 5) is 26.6. The Labute approximate surface area is 80.9 Å². The molecule has 5 heteroatoms. The topological polar surface area (TPSA) is 77.8 Å². The van der Waals surface area contributed by atoms with Gasteiger partial charge in [-0.3, -0.25) is 4.79 Å².